The molecule has 0 heterocycles. The van der Waals surface area contributed by atoms with Crippen molar-refractivity contribution in [2.45, 2.75) is 45.3 Å². The molecule has 0 radical (unpaired) electrons. The molecule has 0 unspecified atom stereocenters. The molecule has 24 heavy (non-hydrogen) atoms. The van der Waals surface area contributed by atoms with Gasteiger partial charge in [0.1, 0.15) is 5.75 Å². The monoisotopic (exact) mass is 404 g/mol. The van der Waals surface area contributed by atoms with Crippen LogP contribution < -0.4 is 15.8 Å². The molecule has 0 saturated carbocycles. The topological polar surface area (TPSA) is 64.4 Å². The minimum atomic E-state index is -3.01. The predicted molar refractivity (Wildman–Crippen MR) is 94.3 cm³/mol. The van der Waals surface area contributed by atoms with Crippen LogP contribution in [0.4, 0.5) is 8.78 Å². The molecule has 0 bridgehead atoms. The Labute approximate surface area is 156 Å². The van der Waals surface area contributed by atoms with Gasteiger partial charge >= 0.3 is 6.61 Å². The summed E-state index contributed by atoms with van der Waals surface area (Å²) >= 11 is 11.7. The number of unbranched alkanes of at least 4 members (excludes halogenated alkanes) is 3. The fraction of sp³-hybridized carbons (Fsp3) is 0.533. The van der Waals surface area contributed by atoms with Crippen molar-refractivity contribution in [1.29, 1.82) is 0 Å². The molecule has 0 saturated heterocycles. The van der Waals surface area contributed by atoms with Gasteiger partial charge in [0, 0.05) is 23.6 Å². The van der Waals surface area contributed by atoms with Crippen molar-refractivity contribution in [2.75, 3.05) is 6.54 Å². The van der Waals surface area contributed by atoms with Gasteiger partial charge in [-0.2, -0.15) is 8.78 Å². The maximum Gasteiger partial charge on any atom is 0.387 e. The molecule has 3 N–H and O–H groups in total. The second kappa shape index (κ2) is 12.5. The average molecular weight is 406 g/mol. The Morgan fingerprint density at radius 3 is 2.50 bits per heavy atom. The van der Waals surface area contributed by atoms with Crippen molar-refractivity contribution in [2.24, 2.45) is 5.73 Å². The molecule has 0 aliphatic rings. The van der Waals surface area contributed by atoms with Gasteiger partial charge in [-0.25, -0.2) is 0 Å². The van der Waals surface area contributed by atoms with Gasteiger partial charge in [0.15, 0.2) is 0 Å². The molecule has 1 aromatic carbocycles. The van der Waals surface area contributed by atoms with Gasteiger partial charge in [-0.3, -0.25) is 4.79 Å². The van der Waals surface area contributed by atoms with Crippen LogP contribution in [0.15, 0.2) is 12.1 Å². The summed E-state index contributed by atoms with van der Waals surface area (Å²) in [6, 6.07) is 2.75. The summed E-state index contributed by atoms with van der Waals surface area (Å²) in [4.78, 5) is 11.8. The number of carbonyl (C=O) groups is 1. The Balaban J connectivity index is 0.00000529. The Morgan fingerprint density at radius 1 is 1.21 bits per heavy atom. The van der Waals surface area contributed by atoms with Crippen molar-refractivity contribution >= 4 is 41.5 Å². The van der Waals surface area contributed by atoms with Crippen LogP contribution in [0, 0.1) is 0 Å². The van der Waals surface area contributed by atoms with Crippen LogP contribution in [-0.2, 0) is 11.3 Å². The van der Waals surface area contributed by atoms with E-state index in [4.69, 9.17) is 28.9 Å². The quantitative estimate of drug-likeness (QED) is 0.562. The Hall–Kier alpha value is -0.820. The fourth-order valence-electron chi connectivity index (χ4n) is 2.03. The summed E-state index contributed by atoms with van der Waals surface area (Å²) in [5.41, 5.74) is 5.69. The number of halogens is 5. The van der Waals surface area contributed by atoms with E-state index in [0.717, 1.165) is 25.7 Å². The van der Waals surface area contributed by atoms with E-state index in [-0.39, 0.29) is 40.7 Å². The van der Waals surface area contributed by atoms with E-state index in [1.165, 1.54) is 12.1 Å². The highest BCUT2D eigenvalue weighted by molar-refractivity contribution is 6.35. The lowest BCUT2D eigenvalue weighted by Crippen LogP contribution is -2.23. The number of carbonyl (C=O) groups excluding carboxylic acids is 1. The summed E-state index contributed by atoms with van der Waals surface area (Å²) < 4.78 is 29.3. The van der Waals surface area contributed by atoms with Crippen molar-refractivity contribution in [1.82, 2.24) is 5.32 Å². The van der Waals surface area contributed by atoms with E-state index in [2.05, 4.69) is 10.1 Å². The summed E-state index contributed by atoms with van der Waals surface area (Å²) in [7, 11) is 0. The lowest BCUT2D eigenvalue weighted by molar-refractivity contribution is -0.121. The zero-order valence-electron chi connectivity index (χ0n) is 13.0. The molecule has 1 amide bonds. The van der Waals surface area contributed by atoms with Crippen molar-refractivity contribution in [3.63, 3.8) is 0 Å². The number of alkyl halides is 2. The molecule has 4 nitrogen and oxygen atoms in total. The molecule has 1 aromatic rings. The summed E-state index contributed by atoms with van der Waals surface area (Å²) in [5.74, 6) is -0.342. The van der Waals surface area contributed by atoms with Gasteiger partial charge < -0.3 is 15.8 Å². The Morgan fingerprint density at radius 2 is 1.88 bits per heavy atom. The first-order valence-electron chi connectivity index (χ1n) is 7.33. The van der Waals surface area contributed by atoms with Gasteiger partial charge in [-0.1, -0.05) is 36.0 Å². The van der Waals surface area contributed by atoms with Crippen LogP contribution in [-0.4, -0.2) is 19.1 Å². The van der Waals surface area contributed by atoms with Crippen LogP contribution in [0.3, 0.4) is 0 Å². The first-order chi connectivity index (χ1) is 10.9. The highest BCUT2D eigenvalue weighted by Crippen LogP contribution is 2.33. The van der Waals surface area contributed by atoms with Crippen molar-refractivity contribution < 1.29 is 18.3 Å². The second-order valence-corrected chi connectivity index (χ2v) is 5.83. The van der Waals surface area contributed by atoms with E-state index in [1.54, 1.807) is 0 Å². The molecule has 138 valence electrons. The van der Waals surface area contributed by atoms with Crippen LogP contribution >= 0.6 is 35.6 Å². The predicted octanol–water partition coefficient (Wildman–Crippen LogP) is 4.54. The number of hydrogen-bond donors (Lipinski definition) is 2. The number of benzene rings is 1. The van der Waals surface area contributed by atoms with E-state index >= 15 is 0 Å². The normalized spacial score (nSPS) is 10.4. The SMILES string of the molecule is Cl.NCCCCCCC(=O)NCc1cc(Cl)cc(Cl)c1OC(F)F. The first-order valence-corrected chi connectivity index (χ1v) is 8.09. The minimum Gasteiger partial charge on any atom is -0.433 e. The van der Waals surface area contributed by atoms with Crippen LogP contribution in [0.1, 0.15) is 37.7 Å². The highest BCUT2D eigenvalue weighted by Gasteiger charge is 2.15. The molecular weight excluding hydrogens is 385 g/mol. The van der Waals surface area contributed by atoms with Gasteiger partial charge in [0.2, 0.25) is 5.91 Å². The largest absolute Gasteiger partial charge is 0.433 e. The standard InChI is InChI=1S/C15H20Cl2F2N2O2.ClH/c16-11-7-10(14(12(17)8-11)23-15(18)19)9-21-13(22)5-3-1-2-4-6-20;/h7-8,15H,1-6,9,20H2,(H,21,22);1H. The molecule has 0 fully saturated rings. The van der Waals surface area contributed by atoms with Gasteiger partial charge in [-0.05, 0) is 31.5 Å². The molecule has 0 atom stereocenters. The maximum atomic E-state index is 12.4. The fourth-order valence-corrected chi connectivity index (χ4v) is 2.61. The number of rotatable bonds is 10. The minimum absolute atomic E-state index is 0. The summed E-state index contributed by atoms with van der Waals surface area (Å²) in [5, 5.41) is 2.91. The lowest BCUT2D eigenvalue weighted by Gasteiger charge is -2.14. The third kappa shape index (κ3) is 8.87. The maximum absolute atomic E-state index is 12.4. The third-order valence-electron chi connectivity index (χ3n) is 3.13. The lowest BCUT2D eigenvalue weighted by atomic mass is 10.1. The zero-order chi connectivity index (χ0) is 17.2. The average Bonchev–Trinajstić information content (AvgIpc) is 2.47. The van der Waals surface area contributed by atoms with Crippen LogP contribution in [0.25, 0.3) is 0 Å². The zero-order valence-corrected chi connectivity index (χ0v) is 15.3. The smallest absolute Gasteiger partial charge is 0.387 e. The molecule has 0 aliphatic carbocycles. The molecule has 9 heteroatoms. The van der Waals surface area contributed by atoms with Gasteiger partial charge in [0.25, 0.3) is 0 Å². The number of hydrogen-bond acceptors (Lipinski definition) is 3. The number of nitrogens with one attached hydrogen (secondary N) is 1. The van der Waals surface area contributed by atoms with Crippen molar-refractivity contribution in [3.8, 4) is 5.75 Å². The summed E-state index contributed by atoms with van der Waals surface area (Å²) in [6.07, 6.45) is 3.97. The number of ether oxygens (including phenoxy) is 1. The Kier molecular flexibility index (Phi) is 12.1. The summed E-state index contributed by atoms with van der Waals surface area (Å²) in [6.45, 7) is -2.34. The van der Waals surface area contributed by atoms with Gasteiger partial charge in [-0.15, -0.1) is 12.4 Å². The molecule has 1 rings (SSSR count). The van der Waals surface area contributed by atoms with Crippen LogP contribution in [0.2, 0.25) is 10.0 Å². The number of amides is 1. The molecule has 0 spiro atoms. The van der Waals surface area contributed by atoms with E-state index in [1.807, 2.05) is 0 Å². The molecule has 0 aliphatic heterocycles. The van der Waals surface area contributed by atoms with Crippen molar-refractivity contribution in [3.05, 3.63) is 27.7 Å². The highest BCUT2D eigenvalue weighted by atomic mass is 35.5. The van der Waals surface area contributed by atoms with E-state index in [0.29, 0.717) is 18.5 Å². The van der Waals surface area contributed by atoms with E-state index < -0.39 is 6.61 Å². The van der Waals surface area contributed by atoms with Crippen LogP contribution in [0.5, 0.6) is 5.75 Å². The van der Waals surface area contributed by atoms with Gasteiger partial charge in [0.05, 0.1) is 5.02 Å². The first kappa shape index (κ1) is 23.2. The molecular formula is C15H21Cl3F2N2O2. The Bertz CT molecular complexity index is 520. The molecule has 0 aromatic heterocycles. The second-order valence-electron chi connectivity index (χ2n) is 4.98. The number of nitrogens with two attached hydrogens (primary N) is 1. The third-order valence-corrected chi connectivity index (χ3v) is 3.63. The van der Waals surface area contributed by atoms with E-state index in [9.17, 15) is 13.6 Å².